The van der Waals surface area contributed by atoms with Crippen molar-refractivity contribution in [2.75, 3.05) is 33.7 Å². The number of fused-ring (bicyclic) bond motifs is 1. The Morgan fingerprint density at radius 1 is 1.17 bits per heavy atom. The summed E-state index contributed by atoms with van der Waals surface area (Å²) in [5.74, 6) is -1.03. The zero-order valence-electron chi connectivity index (χ0n) is 17.6. The Morgan fingerprint density at radius 2 is 1.90 bits per heavy atom. The van der Waals surface area contributed by atoms with Crippen molar-refractivity contribution in [3.05, 3.63) is 47.9 Å². The molecule has 1 aromatic heterocycles. The highest BCUT2D eigenvalue weighted by molar-refractivity contribution is 5.86. The van der Waals surface area contributed by atoms with E-state index < -0.39 is 5.92 Å². The zero-order chi connectivity index (χ0) is 21.7. The Morgan fingerprint density at radius 3 is 2.57 bits per heavy atom. The van der Waals surface area contributed by atoms with E-state index in [2.05, 4.69) is 15.3 Å². The Bertz CT molecular complexity index is 930. The summed E-state index contributed by atoms with van der Waals surface area (Å²) < 4.78 is 0. The van der Waals surface area contributed by atoms with E-state index in [1.807, 2.05) is 30.3 Å². The summed E-state index contributed by atoms with van der Waals surface area (Å²) in [5.41, 5.74) is 3.53. The lowest BCUT2D eigenvalue weighted by molar-refractivity contribution is -0.134. The molecule has 0 bridgehead atoms. The van der Waals surface area contributed by atoms with Crippen LogP contribution in [-0.4, -0.2) is 71.2 Å². The van der Waals surface area contributed by atoms with Gasteiger partial charge in [-0.2, -0.15) is 0 Å². The van der Waals surface area contributed by atoms with Gasteiger partial charge >= 0.3 is 0 Å². The van der Waals surface area contributed by atoms with E-state index in [-0.39, 0.29) is 24.3 Å². The molecule has 1 atom stereocenters. The van der Waals surface area contributed by atoms with Gasteiger partial charge in [-0.15, -0.1) is 0 Å². The Hall–Kier alpha value is -3.29. The molecule has 0 fully saturated rings. The second-order valence-corrected chi connectivity index (χ2v) is 7.64. The van der Waals surface area contributed by atoms with Crippen molar-refractivity contribution in [2.24, 2.45) is 5.92 Å². The lowest BCUT2D eigenvalue weighted by Gasteiger charge is -2.30. The van der Waals surface area contributed by atoms with Crippen molar-refractivity contribution in [1.29, 1.82) is 0 Å². The number of rotatable bonds is 4. The smallest absolute Gasteiger partial charge is 0.241 e. The lowest BCUT2D eigenvalue weighted by Crippen LogP contribution is -2.46. The first-order valence-corrected chi connectivity index (χ1v) is 9.98. The summed E-state index contributed by atoms with van der Waals surface area (Å²) in [6.07, 6.45) is 2.53. The van der Waals surface area contributed by atoms with Gasteiger partial charge < -0.3 is 15.1 Å². The highest BCUT2D eigenvalue weighted by Crippen LogP contribution is 2.27. The van der Waals surface area contributed by atoms with Crippen LogP contribution in [0.2, 0.25) is 0 Å². The van der Waals surface area contributed by atoms with Crippen LogP contribution in [0.1, 0.15) is 18.2 Å². The number of nitrogens with one attached hydrogen (secondary N) is 1. The van der Waals surface area contributed by atoms with E-state index >= 15 is 0 Å². The average molecular weight is 409 g/mol. The third-order valence-corrected chi connectivity index (χ3v) is 5.32. The van der Waals surface area contributed by atoms with Crippen molar-refractivity contribution >= 4 is 17.7 Å². The summed E-state index contributed by atoms with van der Waals surface area (Å²) in [6.45, 7) is 2.20. The molecule has 8 heteroatoms. The van der Waals surface area contributed by atoms with Crippen LogP contribution < -0.4 is 5.32 Å². The fraction of sp³-hybridized carbons (Fsp3) is 0.409. The molecule has 30 heavy (non-hydrogen) atoms. The van der Waals surface area contributed by atoms with Crippen molar-refractivity contribution in [3.8, 4) is 11.3 Å². The molecule has 0 saturated heterocycles. The molecule has 2 heterocycles. The minimum atomic E-state index is -0.503. The first-order chi connectivity index (χ1) is 14.4. The van der Waals surface area contributed by atoms with Gasteiger partial charge in [-0.25, -0.2) is 9.97 Å². The molecule has 1 aliphatic heterocycles. The third-order valence-electron chi connectivity index (χ3n) is 5.32. The molecule has 1 aromatic carbocycles. The van der Waals surface area contributed by atoms with Crippen LogP contribution in [0.4, 0.5) is 0 Å². The molecule has 3 rings (SSSR count). The topological polar surface area (TPSA) is 95.5 Å². The van der Waals surface area contributed by atoms with Gasteiger partial charge in [-0.05, 0) is 6.42 Å². The van der Waals surface area contributed by atoms with E-state index in [9.17, 15) is 14.4 Å². The number of aromatic nitrogens is 2. The van der Waals surface area contributed by atoms with Crippen LogP contribution in [0.25, 0.3) is 11.3 Å². The molecule has 0 radical (unpaired) electrons. The van der Waals surface area contributed by atoms with Crippen molar-refractivity contribution in [3.63, 3.8) is 0 Å². The number of hydrogen-bond acceptors (Lipinski definition) is 5. The van der Waals surface area contributed by atoms with Crippen molar-refractivity contribution in [1.82, 2.24) is 25.1 Å². The molecule has 0 saturated carbocycles. The van der Waals surface area contributed by atoms with E-state index in [0.717, 1.165) is 22.5 Å². The SMILES string of the molecule is CC(=O)N1CCc2ncnc(-c3ccccc3)c2C[C@H](C(=O)NCC(=O)N(C)C)C1. The van der Waals surface area contributed by atoms with Gasteiger partial charge in [0.15, 0.2) is 0 Å². The second kappa shape index (κ2) is 9.47. The summed E-state index contributed by atoms with van der Waals surface area (Å²) in [4.78, 5) is 49.0. The Labute approximate surface area is 176 Å². The minimum absolute atomic E-state index is 0.0773. The number of nitrogens with zero attached hydrogens (tertiary/aromatic N) is 4. The molecular formula is C22H27N5O3. The second-order valence-electron chi connectivity index (χ2n) is 7.64. The fourth-order valence-corrected chi connectivity index (χ4v) is 3.56. The average Bonchev–Trinajstić information content (AvgIpc) is 2.72. The summed E-state index contributed by atoms with van der Waals surface area (Å²) >= 11 is 0. The van der Waals surface area contributed by atoms with Gasteiger partial charge in [-0.3, -0.25) is 14.4 Å². The molecule has 0 spiro atoms. The molecular weight excluding hydrogens is 382 g/mol. The standard InChI is InChI=1S/C22H27N5O3/c1-15(28)27-10-9-19-18(21(25-14-24-19)16-7-5-4-6-8-16)11-17(13-27)22(30)23-12-20(29)26(2)3/h4-8,14,17H,9-13H2,1-3H3,(H,23,30)/t17-/m0/s1. The predicted octanol–water partition coefficient (Wildman–Crippen LogP) is 0.911. The molecule has 0 aliphatic carbocycles. The maximum atomic E-state index is 13.0. The summed E-state index contributed by atoms with van der Waals surface area (Å²) in [6, 6.07) is 9.79. The maximum absolute atomic E-state index is 13.0. The first kappa shape index (κ1) is 21.4. The van der Waals surface area contributed by atoms with Crippen LogP contribution in [0, 0.1) is 5.92 Å². The molecule has 8 nitrogen and oxygen atoms in total. The Balaban J connectivity index is 1.93. The molecule has 0 unspecified atom stereocenters. The monoisotopic (exact) mass is 409 g/mol. The highest BCUT2D eigenvalue weighted by Gasteiger charge is 2.29. The third kappa shape index (κ3) is 5.00. The van der Waals surface area contributed by atoms with Crippen molar-refractivity contribution in [2.45, 2.75) is 19.8 Å². The maximum Gasteiger partial charge on any atom is 0.241 e. The number of carbonyl (C=O) groups excluding carboxylic acids is 3. The van der Waals surface area contributed by atoms with Gasteiger partial charge in [0.05, 0.1) is 18.2 Å². The first-order valence-electron chi connectivity index (χ1n) is 9.98. The zero-order valence-corrected chi connectivity index (χ0v) is 17.6. The molecule has 3 amide bonds. The lowest BCUT2D eigenvalue weighted by atomic mass is 9.90. The van der Waals surface area contributed by atoms with Crippen LogP contribution in [0.15, 0.2) is 36.7 Å². The largest absolute Gasteiger partial charge is 0.347 e. The normalized spacial score (nSPS) is 16.1. The van der Waals surface area contributed by atoms with Gasteiger partial charge in [0.25, 0.3) is 0 Å². The quantitative estimate of drug-likeness (QED) is 0.810. The van der Waals surface area contributed by atoms with E-state index in [0.29, 0.717) is 25.9 Å². The van der Waals surface area contributed by atoms with E-state index in [1.165, 1.54) is 18.2 Å². The van der Waals surface area contributed by atoms with E-state index in [4.69, 9.17) is 0 Å². The number of hydrogen-bond donors (Lipinski definition) is 1. The van der Waals surface area contributed by atoms with Gasteiger partial charge in [0, 0.05) is 57.4 Å². The Kier molecular flexibility index (Phi) is 6.76. The van der Waals surface area contributed by atoms with E-state index in [1.54, 1.807) is 19.0 Å². The predicted molar refractivity (Wildman–Crippen MR) is 112 cm³/mol. The molecule has 1 aliphatic rings. The molecule has 2 aromatic rings. The van der Waals surface area contributed by atoms with Crippen LogP contribution in [0.5, 0.6) is 0 Å². The number of amides is 3. The number of likely N-dealkylation sites (N-methyl/N-ethyl adjacent to an activating group) is 1. The highest BCUT2D eigenvalue weighted by atomic mass is 16.2. The summed E-state index contributed by atoms with van der Waals surface area (Å²) in [5, 5.41) is 2.72. The van der Waals surface area contributed by atoms with Crippen molar-refractivity contribution < 1.29 is 14.4 Å². The van der Waals surface area contributed by atoms with Crippen LogP contribution in [0.3, 0.4) is 0 Å². The fourth-order valence-electron chi connectivity index (χ4n) is 3.56. The minimum Gasteiger partial charge on any atom is -0.347 e. The van der Waals surface area contributed by atoms with Crippen LogP contribution in [-0.2, 0) is 27.2 Å². The van der Waals surface area contributed by atoms with Crippen LogP contribution >= 0.6 is 0 Å². The van der Waals surface area contributed by atoms with Gasteiger partial charge in [-0.1, -0.05) is 30.3 Å². The van der Waals surface area contributed by atoms with Gasteiger partial charge in [0.2, 0.25) is 17.7 Å². The van der Waals surface area contributed by atoms with Gasteiger partial charge in [0.1, 0.15) is 6.33 Å². The molecule has 158 valence electrons. The number of benzene rings is 1. The number of carbonyl (C=O) groups is 3. The molecule has 1 N–H and O–H groups in total. The summed E-state index contributed by atoms with van der Waals surface area (Å²) in [7, 11) is 3.28.